The summed E-state index contributed by atoms with van der Waals surface area (Å²) >= 11 is 5.84. The van der Waals surface area contributed by atoms with E-state index in [0.717, 1.165) is 16.7 Å². The smallest absolute Gasteiger partial charge is 0.185 e. The van der Waals surface area contributed by atoms with Crippen LogP contribution in [-0.4, -0.2) is 42.1 Å². The molecule has 1 aromatic carbocycles. The average molecular weight is 448 g/mol. The highest BCUT2D eigenvalue weighted by Gasteiger charge is 2.52. The zero-order valence-electron chi connectivity index (χ0n) is 16.7. The normalized spacial score (nSPS) is 24.2. The number of halogens is 1. The Balaban J connectivity index is 1.73. The number of carbonyl (C=O) groups is 1. The molecular formula is C21H22ClN3O4S. The third kappa shape index (κ3) is 3.42. The summed E-state index contributed by atoms with van der Waals surface area (Å²) in [5.41, 5.74) is 7.64. The Hall–Kier alpha value is -2.29. The van der Waals surface area contributed by atoms with Crippen molar-refractivity contribution < 1.29 is 17.9 Å². The first-order valence-corrected chi connectivity index (χ1v) is 11.5. The number of amidine groups is 1. The molecule has 0 radical (unpaired) electrons. The first kappa shape index (κ1) is 21.0. The number of ether oxygens (including phenoxy) is 1. The van der Waals surface area contributed by atoms with Gasteiger partial charge in [0.1, 0.15) is 21.8 Å². The number of carbonyl (C=O) groups excluding carboxylic acids is 1. The summed E-state index contributed by atoms with van der Waals surface area (Å²) < 4.78 is 30.4. The second-order valence-electron chi connectivity index (χ2n) is 8.24. The molecule has 1 atom stereocenters. The van der Waals surface area contributed by atoms with Gasteiger partial charge in [0.15, 0.2) is 15.6 Å². The zero-order valence-corrected chi connectivity index (χ0v) is 18.3. The fourth-order valence-corrected chi connectivity index (χ4v) is 5.55. The molecule has 0 saturated carbocycles. The molecule has 1 spiro atoms. The first-order chi connectivity index (χ1) is 14.0. The number of aromatic nitrogens is 1. The molecule has 4 rings (SSSR count). The molecule has 0 fully saturated rings. The van der Waals surface area contributed by atoms with Gasteiger partial charge >= 0.3 is 0 Å². The van der Waals surface area contributed by atoms with Gasteiger partial charge in [-0.15, -0.1) is 0 Å². The number of benzene rings is 1. The number of rotatable bonds is 3. The average Bonchev–Trinajstić information content (AvgIpc) is 2.67. The Kier molecular flexibility index (Phi) is 4.99. The highest BCUT2D eigenvalue weighted by molar-refractivity contribution is 7.93. The van der Waals surface area contributed by atoms with Gasteiger partial charge in [0.25, 0.3) is 0 Å². The second-order valence-corrected chi connectivity index (χ2v) is 11.2. The summed E-state index contributed by atoms with van der Waals surface area (Å²) in [4.78, 5) is 21.3. The number of hydrogen-bond donors (Lipinski definition) is 1. The number of nitrogens with zero attached hydrogens (tertiary/aromatic N) is 2. The summed E-state index contributed by atoms with van der Waals surface area (Å²) in [5, 5.41) is 0.458. The molecule has 1 aromatic heterocycles. The van der Waals surface area contributed by atoms with Crippen LogP contribution in [-0.2, 0) is 33.1 Å². The quantitative estimate of drug-likeness (QED) is 0.723. The molecule has 158 valence electrons. The van der Waals surface area contributed by atoms with E-state index in [9.17, 15) is 13.2 Å². The van der Waals surface area contributed by atoms with E-state index in [2.05, 4.69) is 9.98 Å². The number of hydrogen-bond acceptors (Lipinski definition) is 7. The Labute approximate surface area is 180 Å². The van der Waals surface area contributed by atoms with E-state index >= 15 is 0 Å². The van der Waals surface area contributed by atoms with Crippen molar-refractivity contribution in [1.82, 2.24) is 4.98 Å². The molecule has 3 heterocycles. The van der Waals surface area contributed by atoms with Crippen molar-refractivity contribution in [2.75, 3.05) is 12.4 Å². The molecule has 2 aliphatic rings. The van der Waals surface area contributed by atoms with Crippen LogP contribution in [0.1, 0.15) is 41.0 Å². The predicted octanol–water partition coefficient (Wildman–Crippen LogP) is 2.45. The minimum Gasteiger partial charge on any atom is -0.386 e. The number of aliphatic imine (C=N–C) groups is 1. The van der Waals surface area contributed by atoms with E-state index in [1.54, 1.807) is 26.0 Å². The van der Waals surface area contributed by atoms with E-state index in [1.165, 1.54) is 6.20 Å². The van der Waals surface area contributed by atoms with Crippen LogP contribution in [0.2, 0.25) is 5.02 Å². The standard InChI is InChI=1S/C21H22ClN3O4S/c1-20(2)19(23)25-21(12-30(20,27)28)11-29-10-14-4-3-13(7-16(14)21)8-18(26)17-6-5-15(22)9-24-17/h3-7,9H,8,10-12H2,1-2H3,(H2,23,25)/t21-/m0/s1. The van der Waals surface area contributed by atoms with Gasteiger partial charge in [-0.2, -0.15) is 0 Å². The molecule has 0 aliphatic carbocycles. The number of Topliss-reactive ketones (excluding diaryl/α,β-unsaturated/α-hetero) is 1. The third-order valence-corrected chi connectivity index (χ3v) is 8.65. The van der Waals surface area contributed by atoms with Crippen LogP contribution in [0.5, 0.6) is 0 Å². The Morgan fingerprint density at radius 1 is 1.27 bits per heavy atom. The van der Waals surface area contributed by atoms with Crippen molar-refractivity contribution in [2.45, 2.75) is 37.2 Å². The van der Waals surface area contributed by atoms with Crippen molar-refractivity contribution in [3.05, 3.63) is 63.9 Å². The van der Waals surface area contributed by atoms with Crippen LogP contribution in [0.3, 0.4) is 0 Å². The van der Waals surface area contributed by atoms with Gasteiger partial charge < -0.3 is 10.5 Å². The van der Waals surface area contributed by atoms with Gasteiger partial charge in [0.2, 0.25) is 0 Å². The summed E-state index contributed by atoms with van der Waals surface area (Å²) in [7, 11) is -3.57. The van der Waals surface area contributed by atoms with Gasteiger partial charge in [-0.3, -0.25) is 14.8 Å². The van der Waals surface area contributed by atoms with Crippen LogP contribution in [0.25, 0.3) is 0 Å². The van der Waals surface area contributed by atoms with Crippen LogP contribution in [0.15, 0.2) is 41.5 Å². The lowest BCUT2D eigenvalue weighted by molar-refractivity contribution is 0.0609. The molecule has 0 unspecified atom stereocenters. The molecule has 2 aromatic rings. The maximum Gasteiger partial charge on any atom is 0.185 e. The van der Waals surface area contributed by atoms with Gasteiger partial charge in [0.05, 0.1) is 24.0 Å². The molecule has 7 nitrogen and oxygen atoms in total. The largest absolute Gasteiger partial charge is 0.386 e. The van der Waals surface area contributed by atoms with E-state index in [4.69, 9.17) is 22.1 Å². The summed E-state index contributed by atoms with van der Waals surface area (Å²) in [6.07, 6.45) is 1.55. The highest BCUT2D eigenvalue weighted by atomic mass is 35.5. The Morgan fingerprint density at radius 3 is 2.70 bits per heavy atom. The van der Waals surface area contributed by atoms with E-state index < -0.39 is 20.1 Å². The maximum absolute atomic E-state index is 13.0. The molecular weight excluding hydrogens is 426 g/mol. The van der Waals surface area contributed by atoms with Gasteiger partial charge in [0, 0.05) is 12.6 Å². The fraction of sp³-hybridized carbons (Fsp3) is 0.381. The van der Waals surface area contributed by atoms with Crippen molar-refractivity contribution in [2.24, 2.45) is 10.7 Å². The van der Waals surface area contributed by atoms with E-state index in [1.807, 2.05) is 18.2 Å². The molecule has 2 N–H and O–H groups in total. The lowest BCUT2D eigenvalue weighted by Crippen LogP contribution is -2.57. The van der Waals surface area contributed by atoms with Gasteiger partial charge in [-0.25, -0.2) is 8.42 Å². The molecule has 30 heavy (non-hydrogen) atoms. The molecule has 0 amide bonds. The second kappa shape index (κ2) is 7.14. The van der Waals surface area contributed by atoms with Gasteiger partial charge in [-0.1, -0.05) is 29.8 Å². The number of sulfone groups is 1. The summed E-state index contributed by atoms with van der Waals surface area (Å²) in [6.45, 7) is 3.59. The number of fused-ring (bicyclic) bond motifs is 2. The van der Waals surface area contributed by atoms with Crippen LogP contribution < -0.4 is 5.73 Å². The molecule has 9 heteroatoms. The minimum atomic E-state index is -3.57. The molecule has 2 aliphatic heterocycles. The lowest BCUT2D eigenvalue weighted by atomic mass is 9.85. The Morgan fingerprint density at radius 2 is 2.03 bits per heavy atom. The van der Waals surface area contributed by atoms with E-state index in [-0.39, 0.29) is 30.4 Å². The van der Waals surface area contributed by atoms with Crippen molar-refractivity contribution in [1.29, 1.82) is 0 Å². The van der Waals surface area contributed by atoms with Crippen molar-refractivity contribution >= 4 is 33.1 Å². The van der Waals surface area contributed by atoms with Crippen LogP contribution in [0.4, 0.5) is 0 Å². The summed E-state index contributed by atoms with van der Waals surface area (Å²) in [5.74, 6) is -0.290. The Bertz CT molecular complexity index is 1160. The SMILES string of the molecule is CC1(C)C(N)=N[C@@]2(COCc3ccc(CC(=O)c4ccc(Cl)cn4)cc32)CS1(=O)=O. The number of ketones is 1. The minimum absolute atomic E-state index is 0.0667. The topological polar surface area (TPSA) is 112 Å². The number of pyridine rings is 1. The fourth-order valence-electron chi connectivity index (χ4n) is 3.78. The molecule has 0 bridgehead atoms. The summed E-state index contributed by atoms with van der Waals surface area (Å²) in [6, 6.07) is 8.73. The number of nitrogens with two attached hydrogens (primary N) is 1. The predicted molar refractivity (Wildman–Crippen MR) is 115 cm³/mol. The van der Waals surface area contributed by atoms with E-state index in [0.29, 0.717) is 17.3 Å². The van der Waals surface area contributed by atoms with Crippen LogP contribution >= 0.6 is 11.6 Å². The molecule has 0 saturated heterocycles. The maximum atomic E-state index is 13.0. The lowest BCUT2D eigenvalue weighted by Gasteiger charge is -2.42. The third-order valence-electron chi connectivity index (χ3n) is 5.81. The van der Waals surface area contributed by atoms with Crippen LogP contribution in [0, 0.1) is 0 Å². The monoisotopic (exact) mass is 447 g/mol. The van der Waals surface area contributed by atoms with Gasteiger partial charge in [-0.05, 0) is 42.7 Å². The zero-order chi connectivity index (χ0) is 21.7. The first-order valence-electron chi connectivity index (χ1n) is 9.47. The van der Waals surface area contributed by atoms with Crippen molar-refractivity contribution in [3.63, 3.8) is 0 Å². The van der Waals surface area contributed by atoms with Crippen molar-refractivity contribution in [3.8, 4) is 0 Å². The highest BCUT2D eigenvalue weighted by Crippen LogP contribution is 2.41.